The minimum atomic E-state index is -0.146. The Labute approximate surface area is 175 Å². The lowest BCUT2D eigenvalue weighted by Crippen LogP contribution is -2.19. The molecule has 3 rings (SSSR count). The average molecular weight is 388 g/mol. The Balaban J connectivity index is 2.21. The summed E-state index contributed by atoms with van der Waals surface area (Å²) >= 11 is 0. The van der Waals surface area contributed by atoms with E-state index in [4.69, 9.17) is 0 Å². The molecule has 0 bridgehead atoms. The fourth-order valence-corrected chi connectivity index (χ4v) is 3.84. The predicted octanol–water partition coefficient (Wildman–Crippen LogP) is 6.76. The third kappa shape index (κ3) is 4.87. The second kappa shape index (κ2) is 8.02. The number of phenolic OH excluding ortho intramolecular Hbond substituents is 1. The van der Waals surface area contributed by atoms with Gasteiger partial charge in [0, 0.05) is 24.2 Å². The third-order valence-electron chi connectivity index (χ3n) is 5.49. The molecule has 2 aromatic carbocycles. The average Bonchev–Trinajstić information content (AvgIpc) is 2.66. The normalized spacial score (nSPS) is 13.3. The smallest absolute Gasteiger partial charge is 0.123 e. The summed E-state index contributed by atoms with van der Waals surface area (Å²) in [6, 6.07) is 21.1. The van der Waals surface area contributed by atoms with Crippen LogP contribution in [0, 0.1) is 0 Å². The van der Waals surface area contributed by atoms with Gasteiger partial charge in [0.15, 0.2) is 0 Å². The summed E-state index contributed by atoms with van der Waals surface area (Å²) in [7, 11) is 0. The maximum absolute atomic E-state index is 11.1. The first kappa shape index (κ1) is 21.1. The fourth-order valence-electron chi connectivity index (χ4n) is 3.84. The SMILES string of the molecule is CC(C)(C)c1cc([C@H](Cc2ccccn2)c2ccccc2)cc(C(C)(C)C)c1O. The number of phenols is 1. The number of aromatic hydroxyl groups is 1. The molecule has 2 heteroatoms. The molecule has 1 heterocycles. The lowest BCUT2D eigenvalue weighted by Gasteiger charge is -2.30. The molecule has 0 aliphatic rings. The van der Waals surface area contributed by atoms with Crippen LogP contribution in [0.4, 0.5) is 0 Å². The van der Waals surface area contributed by atoms with E-state index < -0.39 is 0 Å². The molecule has 0 saturated heterocycles. The number of nitrogens with zero attached hydrogens (tertiary/aromatic N) is 1. The van der Waals surface area contributed by atoms with Crippen LogP contribution in [0.2, 0.25) is 0 Å². The van der Waals surface area contributed by atoms with Crippen molar-refractivity contribution in [1.82, 2.24) is 4.98 Å². The van der Waals surface area contributed by atoms with Gasteiger partial charge in [-0.15, -0.1) is 0 Å². The summed E-state index contributed by atoms with van der Waals surface area (Å²) in [6.07, 6.45) is 2.68. The summed E-state index contributed by atoms with van der Waals surface area (Å²) in [4.78, 5) is 4.58. The quantitative estimate of drug-likeness (QED) is 0.536. The largest absolute Gasteiger partial charge is 0.507 e. The van der Waals surface area contributed by atoms with E-state index in [2.05, 4.69) is 95.1 Å². The monoisotopic (exact) mass is 387 g/mol. The standard InChI is InChI=1S/C27H33NO/c1-26(2,3)23-16-20(17-24(25(23)29)27(4,5)6)22(19-12-8-7-9-13-19)18-21-14-10-11-15-28-21/h7-17,22,29H,18H2,1-6H3/t22-/m1/s1. The van der Waals surface area contributed by atoms with Crippen molar-refractivity contribution in [2.24, 2.45) is 0 Å². The molecule has 29 heavy (non-hydrogen) atoms. The Bertz CT molecular complexity index is 912. The summed E-state index contributed by atoms with van der Waals surface area (Å²) in [5.41, 5.74) is 5.28. The highest BCUT2D eigenvalue weighted by Crippen LogP contribution is 2.42. The van der Waals surface area contributed by atoms with Crippen LogP contribution >= 0.6 is 0 Å². The molecule has 0 fully saturated rings. The number of hydrogen-bond donors (Lipinski definition) is 1. The van der Waals surface area contributed by atoms with E-state index in [1.54, 1.807) is 0 Å². The summed E-state index contributed by atoms with van der Waals surface area (Å²) in [5.74, 6) is 0.604. The van der Waals surface area contributed by atoms with Crippen molar-refractivity contribution < 1.29 is 5.11 Å². The van der Waals surface area contributed by atoms with Gasteiger partial charge in [0.2, 0.25) is 0 Å². The molecule has 2 nitrogen and oxygen atoms in total. The molecule has 0 saturated carbocycles. The molecular weight excluding hydrogens is 354 g/mol. The lowest BCUT2D eigenvalue weighted by atomic mass is 9.75. The van der Waals surface area contributed by atoms with Crippen LogP contribution in [0.5, 0.6) is 5.75 Å². The molecule has 3 aromatic rings. The van der Waals surface area contributed by atoms with Gasteiger partial charge in [-0.25, -0.2) is 0 Å². The summed E-state index contributed by atoms with van der Waals surface area (Å²) in [6.45, 7) is 13.0. The van der Waals surface area contributed by atoms with E-state index in [1.165, 1.54) is 11.1 Å². The van der Waals surface area contributed by atoms with E-state index in [1.807, 2.05) is 18.3 Å². The Morgan fingerprint density at radius 3 is 1.79 bits per heavy atom. The molecule has 152 valence electrons. The molecule has 0 aliphatic carbocycles. The van der Waals surface area contributed by atoms with Crippen LogP contribution in [0.15, 0.2) is 66.9 Å². The van der Waals surface area contributed by atoms with Gasteiger partial charge < -0.3 is 5.11 Å². The maximum Gasteiger partial charge on any atom is 0.123 e. The third-order valence-corrected chi connectivity index (χ3v) is 5.49. The van der Waals surface area contributed by atoms with Gasteiger partial charge in [0.1, 0.15) is 5.75 Å². The van der Waals surface area contributed by atoms with Gasteiger partial charge in [-0.1, -0.05) is 90.1 Å². The van der Waals surface area contributed by atoms with Gasteiger partial charge in [0.05, 0.1) is 0 Å². The number of pyridine rings is 1. The molecule has 0 amide bonds. The minimum absolute atomic E-state index is 0.146. The highest BCUT2D eigenvalue weighted by atomic mass is 16.3. The minimum Gasteiger partial charge on any atom is -0.507 e. The molecule has 1 atom stereocenters. The number of rotatable bonds is 4. The first-order chi connectivity index (χ1) is 13.6. The fraction of sp³-hybridized carbons (Fsp3) is 0.370. The molecule has 0 aliphatic heterocycles. The van der Waals surface area contributed by atoms with Crippen LogP contribution in [0.3, 0.4) is 0 Å². The van der Waals surface area contributed by atoms with E-state index in [-0.39, 0.29) is 16.7 Å². The zero-order valence-corrected chi connectivity index (χ0v) is 18.5. The van der Waals surface area contributed by atoms with Crippen molar-refractivity contribution in [3.05, 3.63) is 94.8 Å². The lowest BCUT2D eigenvalue weighted by molar-refractivity contribution is 0.422. The van der Waals surface area contributed by atoms with E-state index >= 15 is 0 Å². The Morgan fingerprint density at radius 2 is 1.31 bits per heavy atom. The topological polar surface area (TPSA) is 33.1 Å². The molecular formula is C27H33NO. The van der Waals surface area contributed by atoms with Crippen molar-refractivity contribution in [2.45, 2.75) is 64.7 Å². The highest BCUT2D eigenvalue weighted by Gasteiger charge is 2.28. The predicted molar refractivity (Wildman–Crippen MR) is 122 cm³/mol. The van der Waals surface area contributed by atoms with Crippen LogP contribution in [-0.4, -0.2) is 10.1 Å². The van der Waals surface area contributed by atoms with Gasteiger partial charge in [-0.2, -0.15) is 0 Å². The number of aromatic nitrogens is 1. The molecule has 0 radical (unpaired) electrons. The maximum atomic E-state index is 11.1. The van der Waals surface area contributed by atoms with Crippen LogP contribution in [-0.2, 0) is 17.3 Å². The molecule has 0 spiro atoms. The molecule has 0 unspecified atom stereocenters. The van der Waals surface area contributed by atoms with Crippen LogP contribution < -0.4 is 0 Å². The van der Waals surface area contributed by atoms with E-state index in [0.717, 1.165) is 23.2 Å². The van der Waals surface area contributed by atoms with Gasteiger partial charge in [-0.3, -0.25) is 4.98 Å². The zero-order chi connectivity index (χ0) is 21.2. The Kier molecular flexibility index (Phi) is 5.84. The molecule has 1 N–H and O–H groups in total. The first-order valence-electron chi connectivity index (χ1n) is 10.4. The number of benzene rings is 2. The first-order valence-corrected chi connectivity index (χ1v) is 10.4. The summed E-state index contributed by atoms with van der Waals surface area (Å²) < 4.78 is 0. The van der Waals surface area contributed by atoms with Crippen molar-refractivity contribution in [2.75, 3.05) is 0 Å². The van der Waals surface area contributed by atoms with Crippen molar-refractivity contribution in [1.29, 1.82) is 0 Å². The van der Waals surface area contributed by atoms with E-state index in [0.29, 0.717) is 5.75 Å². The number of hydrogen-bond acceptors (Lipinski definition) is 2. The van der Waals surface area contributed by atoms with Gasteiger partial charge in [0.25, 0.3) is 0 Å². The Morgan fingerprint density at radius 1 is 0.759 bits per heavy atom. The van der Waals surface area contributed by atoms with Crippen LogP contribution in [0.25, 0.3) is 0 Å². The Hall–Kier alpha value is -2.61. The summed E-state index contributed by atoms with van der Waals surface area (Å²) in [5, 5.41) is 11.1. The van der Waals surface area contributed by atoms with Crippen molar-refractivity contribution in [3.63, 3.8) is 0 Å². The van der Waals surface area contributed by atoms with Crippen molar-refractivity contribution >= 4 is 0 Å². The van der Waals surface area contributed by atoms with Crippen LogP contribution in [0.1, 0.15) is 75.4 Å². The zero-order valence-electron chi connectivity index (χ0n) is 18.5. The van der Waals surface area contributed by atoms with Crippen molar-refractivity contribution in [3.8, 4) is 5.75 Å². The van der Waals surface area contributed by atoms with Gasteiger partial charge in [-0.05, 0) is 45.2 Å². The second-order valence-electron chi connectivity index (χ2n) is 9.95. The van der Waals surface area contributed by atoms with E-state index in [9.17, 15) is 5.11 Å². The molecule has 1 aromatic heterocycles. The van der Waals surface area contributed by atoms with Gasteiger partial charge >= 0.3 is 0 Å². The second-order valence-corrected chi connectivity index (χ2v) is 9.95. The highest BCUT2D eigenvalue weighted by molar-refractivity contribution is 5.52.